The van der Waals surface area contributed by atoms with Crippen molar-refractivity contribution >= 4 is 162 Å². The van der Waals surface area contributed by atoms with Crippen LogP contribution in [0.4, 0.5) is 0 Å². The first-order valence-corrected chi connectivity index (χ1v) is 47.8. The molecule has 0 aliphatic heterocycles. The minimum Gasteiger partial charge on any atom is -1.00 e. The molecule has 0 radical (unpaired) electrons. The monoisotopic (exact) mass is 2060 g/mol. The van der Waals surface area contributed by atoms with Crippen molar-refractivity contribution in [3.63, 3.8) is 0 Å². The van der Waals surface area contributed by atoms with E-state index >= 15 is 0 Å². The summed E-state index contributed by atoms with van der Waals surface area (Å²) in [6.45, 7) is 3.92. The molecule has 0 saturated heterocycles. The fraction of sp³-hybridized carbons (Fsp3) is 0.0183. The van der Waals surface area contributed by atoms with Crippen molar-refractivity contribution in [1.82, 2.24) is 9.97 Å². The Morgan fingerprint density at radius 3 is 0.693 bits per heavy atom. The van der Waals surface area contributed by atoms with Gasteiger partial charge in [-0.2, -0.15) is 0 Å². The Bertz CT molecular complexity index is 5210. The summed E-state index contributed by atoms with van der Waals surface area (Å²) >= 11 is 10.1. The minimum atomic E-state index is -1.41. The molecule has 0 atom stereocenters. The van der Waals surface area contributed by atoms with Gasteiger partial charge in [-0.1, -0.05) is 467 Å². The van der Waals surface area contributed by atoms with Gasteiger partial charge < -0.3 is 21.6 Å². The van der Waals surface area contributed by atoms with Crippen LogP contribution in [-0.4, -0.2) is 33.6 Å². The summed E-state index contributed by atoms with van der Waals surface area (Å²) in [5.74, 6) is 0. The molecule has 0 spiro atoms. The number of halogens is 3. The fourth-order valence-corrected chi connectivity index (χ4v) is 23.0. The van der Waals surface area contributed by atoms with Crippen molar-refractivity contribution in [3.8, 4) is 33.5 Å². The molecule has 127 heavy (non-hydrogen) atoms. The van der Waals surface area contributed by atoms with Crippen LogP contribution >= 0.6 is 79.5 Å². The third-order valence-electron chi connectivity index (χ3n) is 18.8. The molecule has 624 valence electrons. The Morgan fingerprint density at radius 1 is 0.283 bits per heavy atom. The van der Waals surface area contributed by atoms with E-state index in [0.29, 0.717) is 5.46 Å². The molecule has 18 rings (SSSR count). The van der Waals surface area contributed by atoms with Crippen molar-refractivity contribution in [3.05, 3.63) is 522 Å². The van der Waals surface area contributed by atoms with Crippen LogP contribution in [-0.2, 0) is 30.1 Å². The zero-order valence-electron chi connectivity index (χ0n) is 71.7. The quantitative estimate of drug-likeness (QED) is 0.0233. The van der Waals surface area contributed by atoms with Crippen molar-refractivity contribution in [1.29, 1.82) is 0 Å². The van der Waals surface area contributed by atoms with Gasteiger partial charge in [0.1, 0.15) is 4.60 Å². The van der Waals surface area contributed by atoms with Crippen LogP contribution < -0.4 is 177 Å². The number of pyridine rings is 2. The SMILES string of the molecule is Cc1cc(-c2cccc(-c3ccccc3)c2)ncc1Br.Cc1cc(Br)ncc1Br.O=CO[O-].OB(O)c1cccc(-c2ccccc2)c1.[H-].[K+].[K+].[Pd].c1ccc(P(c2ccccc2)c2ccccc2)cc1.c1ccc(P(c2ccccc2)c2ccccc2)cc1.c1ccc(P(c2ccccc2)c2ccccc2)cc1.c1ccc(P(c2ccccc2)c2ccccc2)cc1. The smallest absolute Gasteiger partial charge is 1.00 e. The fourth-order valence-electron chi connectivity index (χ4n) is 12.9. The molecule has 18 aromatic rings. The van der Waals surface area contributed by atoms with E-state index < -0.39 is 38.8 Å². The summed E-state index contributed by atoms with van der Waals surface area (Å²) in [4.78, 5) is 19.8. The van der Waals surface area contributed by atoms with Crippen molar-refractivity contribution < 1.29 is 150 Å². The Morgan fingerprint density at radius 2 is 0.480 bits per heavy atom. The van der Waals surface area contributed by atoms with Crippen molar-refractivity contribution in [2.45, 2.75) is 13.8 Å². The number of nitrogens with zero attached hydrogens (tertiary/aromatic N) is 2. The molecule has 0 fully saturated rings. The number of hydrogen-bond donors (Lipinski definition) is 2. The number of aryl methyl sites for hydroxylation is 2. The van der Waals surface area contributed by atoms with Gasteiger partial charge in [-0.05, 0) is 214 Å². The third-order valence-corrected chi connectivity index (χ3v) is 30.7. The van der Waals surface area contributed by atoms with Gasteiger partial charge in [0, 0.05) is 47.3 Å². The van der Waals surface area contributed by atoms with Crippen LogP contribution in [0.3, 0.4) is 0 Å². The predicted molar refractivity (Wildman–Crippen MR) is 542 cm³/mol. The molecule has 16 aromatic carbocycles. The van der Waals surface area contributed by atoms with Gasteiger partial charge in [-0.15, -0.1) is 0 Å². The first-order valence-electron chi connectivity index (χ1n) is 40.0. The van der Waals surface area contributed by atoms with Gasteiger partial charge >= 0.3 is 110 Å². The van der Waals surface area contributed by atoms with Crippen molar-refractivity contribution in [2.75, 3.05) is 0 Å². The van der Waals surface area contributed by atoms with Crippen LogP contribution in [0, 0.1) is 13.8 Å². The average Bonchev–Trinajstić information content (AvgIpc) is 0.868. The van der Waals surface area contributed by atoms with E-state index in [0.717, 1.165) is 35.9 Å². The third kappa shape index (κ3) is 34.5. The maximum atomic E-state index is 9.05. The van der Waals surface area contributed by atoms with Crippen LogP contribution in [0.1, 0.15) is 12.6 Å². The Kier molecular flexibility index (Phi) is 49.1. The molecular formula is C109H92BBr3K2N2O5P4Pd. The molecule has 7 nitrogen and oxygen atoms in total. The second kappa shape index (κ2) is 59.6. The molecule has 0 saturated carbocycles. The molecule has 2 heterocycles. The molecular weight excluding hydrogens is 1980 g/mol. The molecule has 0 aliphatic rings. The number of hydrogen-bond acceptors (Lipinski definition) is 7. The van der Waals surface area contributed by atoms with E-state index in [1.165, 1.54) is 85.9 Å². The molecule has 0 aliphatic carbocycles. The Labute approximate surface area is 879 Å². The molecule has 0 unspecified atom stereocenters. The van der Waals surface area contributed by atoms with Crippen LogP contribution in [0.5, 0.6) is 0 Å². The van der Waals surface area contributed by atoms with E-state index in [1.807, 2.05) is 67.7 Å². The summed E-state index contributed by atoms with van der Waals surface area (Å²) in [6.07, 6.45) is 3.64. The number of aromatic nitrogens is 2. The standard InChI is InChI=1S/C18H14BrN.4C18H15P.C12H11BO2.C6H5Br2N.CH2O3.2K.Pd.H/c1-13-10-18(20-12-17(13)19)16-9-5-8-15(11-16)14-6-3-2-4-7-14;4*1-4-10-16(11-5-1)19(17-12-6-2-7-13-17)18-14-8-3-9-15-18;14-13(15)12-8-4-7-11(9-12)10-5-2-1-3-6-10;1-4-2-6(8)9-3-5(4)7;2-1-4-3;;;;/h2-12H,1H3;4*1-15H;1-9,14-15H;2-3H,1H3;1,3H;;;;/q;;;;;;;;2*+1;;-1/p-1. The maximum Gasteiger partial charge on any atom is 1.00 e. The number of rotatable bonds is 17. The maximum absolute atomic E-state index is 9.05. The summed E-state index contributed by atoms with van der Waals surface area (Å²) < 4.78 is 2.97. The second-order valence-electron chi connectivity index (χ2n) is 27.4. The first-order chi connectivity index (χ1) is 60.9. The van der Waals surface area contributed by atoms with Crippen LogP contribution in [0.15, 0.2) is 511 Å². The largest absolute Gasteiger partial charge is 1.00 e. The predicted octanol–water partition coefficient (Wildman–Crippen LogP) is 15.8. The van der Waals surface area contributed by atoms with E-state index in [1.54, 1.807) is 18.3 Å². The first kappa shape index (κ1) is 105. The van der Waals surface area contributed by atoms with Gasteiger partial charge in [-0.3, -0.25) is 9.78 Å². The molecule has 2 N–H and O–H groups in total. The minimum absolute atomic E-state index is 0. The van der Waals surface area contributed by atoms with Gasteiger partial charge in [0.2, 0.25) is 0 Å². The number of carbonyl (C=O) groups excluding carboxylic acids is 1. The molecule has 18 heteroatoms. The van der Waals surface area contributed by atoms with Gasteiger partial charge in [0.15, 0.2) is 0 Å². The number of carbonyl (C=O) groups is 1. The zero-order valence-corrected chi connectivity index (χ0v) is 86.9. The number of benzene rings is 16. The van der Waals surface area contributed by atoms with Crippen LogP contribution in [0.25, 0.3) is 33.5 Å². The topological polar surface area (TPSA) is 116 Å². The molecule has 2 aromatic heterocycles. The van der Waals surface area contributed by atoms with E-state index in [9.17, 15) is 0 Å². The van der Waals surface area contributed by atoms with Crippen molar-refractivity contribution in [2.24, 2.45) is 0 Å². The van der Waals surface area contributed by atoms with E-state index in [4.69, 9.17) is 20.1 Å². The zero-order chi connectivity index (χ0) is 86.6. The average molecular weight is 2070 g/mol. The van der Waals surface area contributed by atoms with Gasteiger partial charge in [0.05, 0.1) is 5.69 Å². The van der Waals surface area contributed by atoms with Crippen LogP contribution in [0.2, 0.25) is 0 Å². The molecule has 0 bridgehead atoms. The Balaban J connectivity index is 0.000000204. The molecule has 0 amide bonds. The van der Waals surface area contributed by atoms with E-state index in [2.05, 4.69) is 488 Å². The Hall–Kier alpha value is -7.67. The summed E-state index contributed by atoms with van der Waals surface area (Å²) in [6, 6.07) is 169. The second-order valence-corrected chi connectivity index (χ2v) is 38.8. The summed E-state index contributed by atoms with van der Waals surface area (Å²) in [7, 11) is -3.19. The van der Waals surface area contributed by atoms with Gasteiger partial charge in [0.25, 0.3) is 6.47 Å². The van der Waals surface area contributed by atoms with Gasteiger partial charge in [-0.25, -0.2) is 4.98 Å². The normalized spacial score (nSPS) is 10.0. The summed E-state index contributed by atoms with van der Waals surface area (Å²) in [5, 5.41) is 43.3. The summed E-state index contributed by atoms with van der Waals surface area (Å²) in [5.41, 5.74) is 9.54. The van der Waals surface area contributed by atoms with E-state index in [-0.39, 0.29) is 131 Å².